The van der Waals surface area contributed by atoms with Gasteiger partial charge in [-0.05, 0) is 94.6 Å². The number of fused-ring (bicyclic) bond motifs is 3. The van der Waals surface area contributed by atoms with E-state index in [0.29, 0.717) is 51.1 Å². The van der Waals surface area contributed by atoms with Gasteiger partial charge in [0, 0.05) is 32.1 Å². The van der Waals surface area contributed by atoms with Gasteiger partial charge in [0.2, 0.25) is 17.7 Å². The monoisotopic (exact) mass is 571 g/mol. The number of nitrogens with one attached hydrogen (secondary N) is 2. The molecule has 226 valence electrons. The zero-order valence-corrected chi connectivity index (χ0v) is 24.8. The van der Waals surface area contributed by atoms with Gasteiger partial charge in [0.25, 0.3) is 5.91 Å². The maximum Gasteiger partial charge on any atom is 0.257 e. The highest BCUT2D eigenvalue weighted by Gasteiger charge is 2.37. The van der Waals surface area contributed by atoms with Crippen molar-refractivity contribution in [1.82, 2.24) is 25.3 Å². The molecule has 41 heavy (non-hydrogen) atoms. The summed E-state index contributed by atoms with van der Waals surface area (Å²) in [6.07, 6.45) is 5.60. The molecular weight excluding hydrogens is 525 g/mol. The van der Waals surface area contributed by atoms with Crippen LogP contribution in [0.15, 0.2) is 18.2 Å². The normalized spacial score (nSPS) is 24.2. The third kappa shape index (κ3) is 8.27. The Morgan fingerprint density at radius 3 is 2.56 bits per heavy atom. The summed E-state index contributed by atoms with van der Waals surface area (Å²) in [5.41, 5.74) is 0.761. The van der Waals surface area contributed by atoms with Gasteiger partial charge < -0.3 is 25.3 Å². The summed E-state index contributed by atoms with van der Waals surface area (Å²) in [6, 6.07) is 3.39. The molecule has 2 atom stereocenters. The summed E-state index contributed by atoms with van der Waals surface area (Å²) in [5.74, 6) is -1.24. The van der Waals surface area contributed by atoms with Crippen LogP contribution in [-0.2, 0) is 20.8 Å². The lowest BCUT2D eigenvalue weighted by atomic mass is 9.92. The molecule has 2 saturated heterocycles. The quantitative estimate of drug-likeness (QED) is 0.579. The first-order chi connectivity index (χ1) is 19.6. The highest BCUT2D eigenvalue weighted by Crippen LogP contribution is 2.24. The minimum Gasteiger partial charge on any atom is -0.355 e. The zero-order chi connectivity index (χ0) is 29.5. The minimum atomic E-state index is -0.709. The van der Waals surface area contributed by atoms with E-state index >= 15 is 0 Å². The van der Waals surface area contributed by atoms with Crippen LogP contribution in [0.4, 0.5) is 4.39 Å². The standard InChI is InChI=1S/C31H46FN5O4/c1-21(2)26-19-36(29(39)11-9-22-12-16-35(3)17-13-22)20-28(38)33-14-4-6-23-8-10-25(32)24(18-23)31(41)37-15-5-7-27(37)30(40)34-26/h8,10,18,21-22,26-27H,4-7,9,11-17,19-20H2,1-3H3,(H,33,38)(H,34,40)/t26-,27-/m0/s1. The topological polar surface area (TPSA) is 102 Å². The van der Waals surface area contributed by atoms with Crippen molar-refractivity contribution in [3.63, 3.8) is 0 Å². The molecule has 0 unspecified atom stereocenters. The molecule has 2 bridgehead atoms. The van der Waals surface area contributed by atoms with Crippen molar-refractivity contribution in [2.75, 3.05) is 46.3 Å². The first-order valence-corrected chi connectivity index (χ1v) is 15.2. The molecule has 1 aromatic carbocycles. The molecule has 0 aromatic heterocycles. The van der Waals surface area contributed by atoms with Gasteiger partial charge in [0.15, 0.2) is 0 Å². The molecule has 3 aliphatic heterocycles. The number of likely N-dealkylation sites (tertiary alicyclic amines) is 1. The van der Waals surface area contributed by atoms with Crippen molar-refractivity contribution < 1.29 is 23.6 Å². The van der Waals surface area contributed by atoms with Gasteiger partial charge >= 0.3 is 0 Å². The van der Waals surface area contributed by atoms with Crippen LogP contribution in [0.2, 0.25) is 0 Å². The summed E-state index contributed by atoms with van der Waals surface area (Å²) >= 11 is 0. The number of nitrogens with zero attached hydrogens (tertiary/aromatic N) is 3. The number of carbonyl (C=O) groups is 4. The molecular formula is C31H46FN5O4. The number of hydrogen-bond donors (Lipinski definition) is 2. The molecule has 4 rings (SSSR count). The van der Waals surface area contributed by atoms with E-state index < -0.39 is 23.8 Å². The average molecular weight is 572 g/mol. The molecule has 0 saturated carbocycles. The Morgan fingerprint density at radius 2 is 1.83 bits per heavy atom. The smallest absolute Gasteiger partial charge is 0.257 e. The van der Waals surface area contributed by atoms with Crippen LogP contribution in [0.1, 0.15) is 74.7 Å². The molecule has 4 amide bonds. The SMILES string of the molecule is CC(C)[C@@H]1CN(C(=O)CCC2CCN(C)CC2)CC(=O)NCCCc2ccc(F)c(c2)C(=O)N2CCC[C@H]2C(=O)N1. The van der Waals surface area contributed by atoms with Crippen LogP contribution in [0.25, 0.3) is 0 Å². The number of amides is 4. The van der Waals surface area contributed by atoms with Crippen molar-refractivity contribution in [2.45, 2.75) is 77.3 Å². The summed E-state index contributed by atoms with van der Waals surface area (Å²) in [6.45, 7) is 6.91. The van der Waals surface area contributed by atoms with Gasteiger partial charge in [-0.15, -0.1) is 0 Å². The lowest BCUT2D eigenvalue weighted by molar-refractivity contribution is -0.137. The second-order valence-electron chi connectivity index (χ2n) is 12.3. The molecule has 3 heterocycles. The van der Waals surface area contributed by atoms with Crippen LogP contribution in [0, 0.1) is 17.7 Å². The predicted molar refractivity (Wildman–Crippen MR) is 155 cm³/mol. The summed E-state index contributed by atoms with van der Waals surface area (Å²) in [7, 11) is 2.11. The summed E-state index contributed by atoms with van der Waals surface area (Å²) in [5, 5.41) is 5.99. The molecule has 0 radical (unpaired) electrons. The Morgan fingerprint density at radius 1 is 1.07 bits per heavy atom. The Balaban J connectivity index is 1.53. The van der Waals surface area contributed by atoms with Gasteiger partial charge in [0.1, 0.15) is 11.9 Å². The Hall–Kier alpha value is -3.01. The Bertz CT molecular complexity index is 1100. The van der Waals surface area contributed by atoms with E-state index in [9.17, 15) is 23.6 Å². The zero-order valence-electron chi connectivity index (χ0n) is 24.8. The van der Waals surface area contributed by atoms with Gasteiger partial charge in [-0.3, -0.25) is 19.2 Å². The van der Waals surface area contributed by atoms with E-state index in [1.807, 2.05) is 13.8 Å². The van der Waals surface area contributed by atoms with Gasteiger partial charge in [-0.1, -0.05) is 19.9 Å². The van der Waals surface area contributed by atoms with Crippen molar-refractivity contribution in [3.05, 3.63) is 35.1 Å². The number of rotatable bonds is 4. The number of piperidine rings is 1. The number of halogens is 1. The maximum atomic E-state index is 14.7. The van der Waals surface area contributed by atoms with Crippen molar-refractivity contribution in [1.29, 1.82) is 0 Å². The average Bonchev–Trinajstić information content (AvgIpc) is 3.44. The molecule has 2 N–H and O–H groups in total. The van der Waals surface area contributed by atoms with E-state index in [-0.39, 0.29) is 42.3 Å². The highest BCUT2D eigenvalue weighted by molar-refractivity contribution is 5.98. The predicted octanol–water partition coefficient (Wildman–Crippen LogP) is 2.58. The maximum absolute atomic E-state index is 14.7. The second-order valence-corrected chi connectivity index (χ2v) is 12.3. The fourth-order valence-corrected chi connectivity index (χ4v) is 6.11. The lowest BCUT2D eigenvalue weighted by Gasteiger charge is -2.33. The molecule has 0 spiro atoms. The number of benzene rings is 1. The molecule has 9 nitrogen and oxygen atoms in total. The lowest BCUT2D eigenvalue weighted by Crippen LogP contribution is -2.54. The number of carbonyl (C=O) groups excluding carboxylic acids is 4. The van der Waals surface area contributed by atoms with Gasteiger partial charge in [0.05, 0.1) is 12.1 Å². The Kier molecular flexibility index (Phi) is 10.8. The first kappa shape index (κ1) is 30.9. The van der Waals surface area contributed by atoms with E-state index in [1.165, 1.54) is 11.0 Å². The van der Waals surface area contributed by atoms with Crippen molar-refractivity contribution in [2.24, 2.45) is 11.8 Å². The van der Waals surface area contributed by atoms with E-state index in [1.54, 1.807) is 17.0 Å². The van der Waals surface area contributed by atoms with E-state index in [4.69, 9.17) is 0 Å². The van der Waals surface area contributed by atoms with Gasteiger partial charge in [-0.25, -0.2) is 4.39 Å². The largest absolute Gasteiger partial charge is 0.355 e. The van der Waals surface area contributed by atoms with Crippen molar-refractivity contribution >= 4 is 23.6 Å². The molecule has 1 aromatic rings. The summed E-state index contributed by atoms with van der Waals surface area (Å²) < 4.78 is 14.7. The van der Waals surface area contributed by atoms with Crippen LogP contribution in [-0.4, -0.2) is 96.7 Å². The van der Waals surface area contributed by atoms with Crippen LogP contribution in [0.3, 0.4) is 0 Å². The van der Waals surface area contributed by atoms with Crippen LogP contribution in [0.5, 0.6) is 0 Å². The third-order valence-electron chi connectivity index (χ3n) is 8.88. The molecule has 3 aliphatic rings. The van der Waals surface area contributed by atoms with E-state index in [2.05, 4.69) is 22.6 Å². The fraction of sp³-hybridized carbons (Fsp3) is 0.677. The molecule has 0 aliphatic carbocycles. The fourth-order valence-electron chi connectivity index (χ4n) is 6.11. The van der Waals surface area contributed by atoms with Gasteiger partial charge in [-0.2, -0.15) is 0 Å². The highest BCUT2D eigenvalue weighted by atomic mass is 19.1. The molecule has 2 fully saturated rings. The van der Waals surface area contributed by atoms with Crippen LogP contribution < -0.4 is 10.6 Å². The van der Waals surface area contributed by atoms with E-state index in [0.717, 1.165) is 37.9 Å². The van der Waals surface area contributed by atoms with Crippen molar-refractivity contribution in [3.8, 4) is 0 Å². The minimum absolute atomic E-state index is 0.0204. The number of aryl methyl sites for hydroxylation is 1. The molecule has 10 heteroatoms. The second kappa shape index (κ2) is 14.2. The first-order valence-electron chi connectivity index (χ1n) is 15.2. The Labute approximate surface area is 243 Å². The number of hydrogen-bond acceptors (Lipinski definition) is 5. The summed E-state index contributed by atoms with van der Waals surface area (Å²) in [4.78, 5) is 58.7. The van der Waals surface area contributed by atoms with Crippen LogP contribution >= 0.6 is 0 Å². The third-order valence-corrected chi connectivity index (χ3v) is 8.88.